The quantitative estimate of drug-likeness (QED) is 0.900. The molecule has 1 aromatic rings. The molecular weight excluding hydrogens is 272 g/mol. The molecule has 18 heavy (non-hydrogen) atoms. The summed E-state index contributed by atoms with van der Waals surface area (Å²) in [4.78, 5) is 0.207. The maximum atomic E-state index is 12.5. The number of benzene rings is 1. The van der Waals surface area contributed by atoms with E-state index >= 15 is 0 Å². The van der Waals surface area contributed by atoms with Crippen molar-refractivity contribution in [1.29, 1.82) is 0 Å². The van der Waals surface area contributed by atoms with Gasteiger partial charge in [0.25, 0.3) is 0 Å². The third-order valence-electron chi connectivity index (χ3n) is 3.04. The van der Waals surface area contributed by atoms with E-state index in [1.807, 2.05) is 19.9 Å². The van der Waals surface area contributed by atoms with Gasteiger partial charge >= 0.3 is 0 Å². The van der Waals surface area contributed by atoms with Crippen LogP contribution in [0.1, 0.15) is 12.5 Å². The monoisotopic (exact) mass is 288 g/mol. The Morgan fingerprint density at radius 2 is 2.17 bits per heavy atom. The van der Waals surface area contributed by atoms with Crippen LogP contribution in [0.25, 0.3) is 0 Å². The van der Waals surface area contributed by atoms with Gasteiger partial charge in [0.1, 0.15) is 4.90 Å². The fraction of sp³-hybridized carbons (Fsp3) is 0.500. The molecule has 0 amide bonds. The van der Waals surface area contributed by atoms with E-state index in [2.05, 4.69) is 5.32 Å². The molecule has 1 aliphatic rings. The van der Waals surface area contributed by atoms with Crippen molar-refractivity contribution in [1.82, 2.24) is 9.62 Å². The highest BCUT2D eigenvalue weighted by atomic mass is 35.5. The first-order valence-corrected chi connectivity index (χ1v) is 7.73. The molecule has 0 aliphatic carbocycles. The van der Waals surface area contributed by atoms with E-state index in [4.69, 9.17) is 11.6 Å². The molecule has 0 aromatic heterocycles. The van der Waals surface area contributed by atoms with Crippen LogP contribution in [0.15, 0.2) is 23.1 Å². The minimum atomic E-state index is -3.49. The first kappa shape index (κ1) is 13.8. The highest BCUT2D eigenvalue weighted by Crippen LogP contribution is 2.26. The maximum Gasteiger partial charge on any atom is 0.244 e. The predicted octanol–water partition coefficient (Wildman–Crippen LogP) is 1.63. The number of piperazine rings is 1. The molecule has 1 unspecified atom stereocenters. The normalized spacial score (nSPS) is 22.1. The van der Waals surface area contributed by atoms with Crippen LogP contribution < -0.4 is 5.32 Å². The molecular formula is C12H17ClN2O2S. The summed E-state index contributed by atoms with van der Waals surface area (Å²) in [6.45, 7) is 5.46. The predicted molar refractivity (Wildman–Crippen MR) is 72.4 cm³/mol. The first-order valence-electron chi connectivity index (χ1n) is 5.91. The van der Waals surface area contributed by atoms with Gasteiger partial charge in [0.15, 0.2) is 0 Å². The molecule has 1 heterocycles. The molecule has 6 heteroatoms. The van der Waals surface area contributed by atoms with Gasteiger partial charge in [-0.3, -0.25) is 0 Å². The second-order valence-corrected chi connectivity index (χ2v) is 6.97. The van der Waals surface area contributed by atoms with Gasteiger partial charge in [0, 0.05) is 25.7 Å². The van der Waals surface area contributed by atoms with Crippen molar-refractivity contribution >= 4 is 21.6 Å². The van der Waals surface area contributed by atoms with Crippen LogP contribution in [0.3, 0.4) is 0 Å². The van der Waals surface area contributed by atoms with Gasteiger partial charge < -0.3 is 5.32 Å². The van der Waals surface area contributed by atoms with Crippen molar-refractivity contribution in [2.75, 3.05) is 19.6 Å². The lowest BCUT2D eigenvalue weighted by Crippen LogP contribution is -2.51. The van der Waals surface area contributed by atoms with Gasteiger partial charge in [-0.25, -0.2) is 8.42 Å². The van der Waals surface area contributed by atoms with E-state index in [0.717, 1.165) is 5.56 Å². The third-order valence-corrected chi connectivity index (χ3v) is 5.38. The summed E-state index contributed by atoms with van der Waals surface area (Å²) in [6, 6.07) is 5.23. The van der Waals surface area contributed by atoms with Crippen LogP contribution in [0.2, 0.25) is 5.02 Å². The molecule has 1 saturated heterocycles. The molecule has 0 radical (unpaired) electrons. The van der Waals surface area contributed by atoms with Crippen molar-refractivity contribution in [3.05, 3.63) is 28.8 Å². The molecule has 100 valence electrons. The zero-order chi connectivity index (χ0) is 13.3. The van der Waals surface area contributed by atoms with Crippen LogP contribution in [0, 0.1) is 6.92 Å². The number of hydrogen-bond donors (Lipinski definition) is 1. The van der Waals surface area contributed by atoms with E-state index < -0.39 is 10.0 Å². The molecule has 4 nitrogen and oxygen atoms in total. The zero-order valence-electron chi connectivity index (χ0n) is 10.5. The van der Waals surface area contributed by atoms with Crippen LogP contribution in [-0.4, -0.2) is 38.4 Å². The van der Waals surface area contributed by atoms with Crippen molar-refractivity contribution in [2.24, 2.45) is 0 Å². The Bertz CT molecular complexity index is 545. The molecule has 2 rings (SSSR count). The molecule has 0 bridgehead atoms. The molecule has 1 aliphatic heterocycles. The summed E-state index contributed by atoms with van der Waals surface area (Å²) in [5, 5.41) is 3.51. The lowest BCUT2D eigenvalue weighted by molar-refractivity contribution is 0.310. The summed E-state index contributed by atoms with van der Waals surface area (Å²) < 4.78 is 26.5. The molecule has 1 atom stereocenters. The third kappa shape index (κ3) is 2.69. The Hall–Kier alpha value is -0.620. The van der Waals surface area contributed by atoms with E-state index in [-0.39, 0.29) is 16.0 Å². The van der Waals surface area contributed by atoms with E-state index in [1.165, 1.54) is 4.31 Å². The number of sulfonamides is 1. The van der Waals surface area contributed by atoms with E-state index in [9.17, 15) is 8.42 Å². The number of nitrogens with zero attached hydrogens (tertiary/aromatic N) is 1. The van der Waals surface area contributed by atoms with Gasteiger partial charge in [-0.2, -0.15) is 4.31 Å². The topological polar surface area (TPSA) is 49.4 Å². The Labute approximate surface area is 113 Å². The molecule has 0 spiro atoms. The summed E-state index contributed by atoms with van der Waals surface area (Å²) in [5.74, 6) is 0. The Balaban J connectivity index is 2.38. The number of halogens is 1. The highest BCUT2D eigenvalue weighted by Gasteiger charge is 2.29. The number of aryl methyl sites for hydroxylation is 1. The number of nitrogens with one attached hydrogen (secondary N) is 1. The van der Waals surface area contributed by atoms with Crippen LogP contribution in [-0.2, 0) is 10.0 Å². The van der Waals surface area contributed by atoms with Gasteiger partial charge in [-0.1, -0.05) is 17.7 Å². The fourth-order valence-corrected chi connectivity index (χ4v) is 4.15. The zero-order valence-corrected chi connectivity index (χ0v) is 12.1. The Kier molecular flexibility index (Phi) is 3.96. The van der Waals surface area contributed by atoms with Crippen molar-refractivity contribution in [2.45, 2.75) is 24.8 Å². The van der Waals surface area contributed by atoms with E-state index in [1.54, 1.807) is 12.1 Å². The molecule has 0 saturated carbocycles. The number of hydrogen-bond acceptors (Lipinski definition) is 3. The molecule has 1 N–H and O–H groups in total. The second kappa shape index (κ2) is 5.17. The first-order chi connectivity index (χ1) is 8.41. The lowest BCUT2D eigenvalue weighted by Gasteiger charge is -2.31. The summed E-state index contributed by atoms with van der Waals surface area (Å²) in [6.07, 6.45) is 0. The smallest absolute Gasteiger partial charge is 0.244 e. The van der Waals surface area contributed by atoms with Crippen LogP contribution in [0.5, 0.6) is 0 Å². The lowest BCUT2D eigenvalue weighted by atomic mass is 10.2. The second-order valence-electron chi connectivity index (χ2n) is 4.65. The summed E-state index contributed by atoms with van der Waals surface area (Å²) in [5.41, 5.74) is 0.890. The Morgan fingerprint density at radius 3 is 2.83 bits per heavy atom. The molecule has 1 aromatic carbocycles. The standard InChI is InChI=1S/C12H17ClN2O2S/c1-9-3-4-11(13)12(7-9)18(16,17)15-6-5-14-10(2)8-15/h3-4,7,10,14H,5-6,8H2,1-2H3. The minimum Gasteiger partial charge on any atom is -0.312 e. The van der Waals surface area contributed by atoms with Gasteiger partial charge in [-0.05, 0) is 31.5 Å². The summed E-state index contributed by atoms with van der Waals surface area (Å²) >= 11 is 6.01. The van der Waals surface area contributed by atoms with Crippen molar-refractivity contribution in [3.8, 4) is 0 Å². The average molecular weight is 289 g/mol. The average Bonchev–Trinajstić information content (AvgIpc) is 2.32. The largest absolute Gasteiger partial charge is 0.312 e. The summed E-state index contributed by atoms with van der Waals surface area (Å²) in [7, 11) is -3.49. The maximum absolute atomic E-state index is 12.5. The highest BCUT2D eigenvalue weighted by molar-refractivity contribution is 7.89. The van der Waals surface area contributed by atoms with E-state index in [0.29, 0.717) is 19.6 Å². The van der Waals surface area contributed by atoms with Crippen LogP contribution >= 0.6 is 11.6 Å². The van der Waals surface area contributed by atoms with Crippen molar-refractivity contribution in [3.63, 3.8) is 0 Å². The van der Waals surface area contributed by atoms with Gasteiger partial charge in [0.2, 0.25) is 10.0 Å². The van der Waals surface area contributed by atoms with Gasteiger partial charge in [0.05, 0.1) is 5.02 Å². The fourth-order valence-electron chi connectivity index (χ4n) is 2.06. The van der Waals surface area contributed by atoms with Crippen LogP contribution in [0.4, 0.5) is 0 Å². The van der Waals surface area contributed by atoms with Crippen molar-refractivity contribution < 1.29 is 8.42 Å². The number of rotatable bonds is 2. The molecule has 1 fully saturated rings. The van der Waals surface area contributed by atoms with Gasteiger partial charge in [-0.15, -0.1) is 0 Å². The minimum absolute atomic E-state index is 0.164. The SMILES string of the molecule is Cc1ccc(Cl)c(S(=O)(=O)N2CCNC(C)C2)c1. The Morgan fingerprint density at radius 1 is 1.44 bits per heavy atom.